The van der Waals surface area contributed by atoms with Gasteiger partial charge in [-0.3, -0.25) is 4.79 Å². The molecule has 60 valence electrons. The molecule has 1 aromatic rings. The molecule has 0 unspecified atom stereocenters. The van der Waals surface area contributed by atoms with E-state index in [1.54, 1.807) is 0 Å². The molecule has 0 radical (unpaired) electrons. The lowest BCUT2D eigenvalue weighted by Crippen LogP contribution is -2.13. The number of alkyl halides is 2. The number of nitrogen functional groups attached to an aromatic ring is 1. The van der Waals surface area contributed by atoms with E-state index in [0.29, 0.717) is 0 Å². The summed E-state index contributed by atoms with van der Waals surface area (Å²) < 4.78 is 24.0. The molecule has 0 spiro atoms. The van der Waals surface area contributed by atoms with Gasteiger partial charge >= 0.3 is 0 Å². The highest BCUT2D eigenvalue weighted by atomic mass is 19.3. The van der Waals surface area contributed by atoms with Crippen LogP contribution in [0.2, 0.25) is 0 Å². The van der Waals surface area contributed by atoms with Crippen molar-refractivity contribution in [3.05, 3.63) is 28.2 Å². The number of aromatic amines is 1. The average Bonchev–Trinajstić information content (AvgIpc) is 1.94. The number of pyridine rings is 1. The lowest BCUT2D eigenvalue weighted by Gasteiger charge is -2.00. The van der Waals surface area contributed by atoms with Crippen LogP contribution < -0.4 is 11.3 Å². The van der Waals surface area contributed by atoms with E-state index in [0.717, 1.165) is 12.3 Å². The summed E-state index contributed by atoms with van der Waals surface area (Å²) in [5.41, 5.74) is 3.55. The molecular weight excluding hydrogens is 154 g/mol. The normalized spacial score (nSPS) is 10.5. The van der Waals surface area contributed by atoms with Crippen LogP contribution in [0, 0.1) is 0 Å². The number of rotatable bonds is 1. The van der Waals surface area contributed by atoms with Crippen LogP contribution in [0.3, 0.4) is 0 Å². The molecule has 11 heavy (non-hydrogen) atoms. The third-order valence-corrected chi connectivity index (χ3v) is 1.27. The minimum Gasteiger partial charge on any atom is -0.394 e. The van der Waals surface area contributed by atoms with Gasteiger partial charge in [0.1, 0.15) is 5.69 Å². The fraction of sp³-hybridized carbons (Fsp3) is 0.167. The number of nitrogens with two attached hydrogens (primary N) is 1. The fourth-order valence-corrected chi connectivity index (χ4v) is 0.696. The van der Waals surface area contributed by atoms with Gasteiger partial charge in [0.15, 0.2) is 0 Å². The number of hydrogen-bond acceptors (Lipinski definition) is 2. The third-order valence-electron chi connectivity index (χ3n) is 1.27. The second-order valence-electron chi connectivity index (χ2n) is 1.98. The van der Waals surface area contributed by atoms with Crippen LogP contribution in [0.25, 0.3) is 0 Å². The van der Waals surface area contributed by atoms with Crippen molar-refractivity contribution in [2.24, 2.45) is 0 Å². The van der Waals surface area contributed by atoms with Gasteiger partial charge < -0.3 is 10.7 Å². The monoisotopic (exact) mass is 160 g/mol. The highest BCUT2D eigenvalue weighted by molar-refractivity contribution is 5.44. The van der Waals surface area contributed by atoms with E-state index in [2.05, 4.69) is 4.98 Å². The van der Waals surface area contributed by atoms with Crippen molar-refractivity contribution in [2.75, 3.05) is 5.73 Å². The summed E-state index contributed by atoms with van der Waals surface area (Å²) in [5, 5.41) is 0. The first kappa shape index (κ1) is 7.71. The lowest BCUT2D eigenvalue weighted by atomic mass is 10.2. The molecule has 1 rings (SSSR count). The zero-order valence-electron chi connectivity index (χ0n) is 5.47. The van der Waals surface area contributed by atoms with Crippen molar-refractivity contribution < 1.29 is 8.78 Å². The summed E-state index contributed by atoms with van der Waals surface area (Å²) in [6, 6.07) is 1.08. The number of H-pyrrole nitrogens is 1. The summed E-state index contributed by atoms with van der Waals surface area (Å²) >= 11 is 0. The van der Waals surface area contributed by atoms with Crippen LogP contribution in [0.15, 0.2) is 17.1 Å². The molecule has 0 atom stereocenters. The second-order valence-corrected chi connectivity index (χ2v) is 1.98. The molecule has 3 nitrogen and oxygen atoms in total. The first-order valence-electron chi connectivity index (χ1n) is 2.88. The van der Waals surface area contributed by atoms with Crippen molar-refractivity contribution in [3.8, 4) is 0 Å². The number of aromatic nitrogens is 1. The van der Waals surface area contributed by atoms with Gasteiger partial charge in [-0.15, -0.1) is 0 Å². The van der Waals surface area contributed by atoms with E-state index >= 15 is 0 Å². The van der Waals surface area contributed by atoms with Crippen LogP contribution in [-0.4, -0.2) is 4.98 Å². The van der Waals surface area contributed by atoms with E-state index in [-0.39, 0.29) is 0 Å². The number of hydrogen-bond donors (Lipinski definition) is 2. The maximum absolute atomic E-state index is 12.0. The Morgan fingerprint density at radius 1 is 1.55 bits per heavy atom. The molecule has 1 aromatic heterocycles. The Kier molecular flexibility index (Phi) is 1.89. The Balaban J connectivity index is 3.28. The Bertz CT molecular complexity index is 308. The summed E-state index contributed by atoms with van der Waals surface area (Å²) in [6.45, 7) is 0. The third kappa shape index (κ3) is 1.36. The molecule has 5 heteroatoms. The van der Waals surface area contributed by atoms with Crippen LogP contribution >= 0.6 is 0 Å². The highest BCUT2D eigenvalue weighted by Crippen LogP contribution is 2.20. The van der Waals surface area contributed by atoms with Crippen molar-refractivity contribution in [2.45, 2.75) is 6.43 Å². The first-order valence-corrected chi connectivity index (χ1v) is 2.88. The van der Waals surface area contributed by atoms with Crippen molar-refractivity contribution in [1.82, 2.24) is 4.98 Å². The molecule has 0 aromatic carbocycles. The van der Waals surface area contributed by atoms with Crippen molar-refractivity contribution in [3.63, 3.8) is 0 Å². The van der Waals surface area contributed by atoms with Gasteiger partial charge in [0.25, 0.3) is 12.0 Å². The van der Waals surface area contributed by atoms with Gasteiger partial charge in [0, 0.05) is 11.8 Å². The molecule has 0 aliphatic rings. The first-order chi connectivity index (χ1) is 5.13. The maximum Gasteiger partial charge on any atom is 0.271 e. The zero-order chi connectivity index (χ0) is 8.43. The zero-order valence-corrected chi connectivity index (χ0v) is 5.47. The summed E-state index contributed by atoms with van der Waals surface area (Å²) in [6.07, 6.45) is -1.56. The van der Waals surface area contributed by atoms with Gasteiger partial charge in [-0.2, -0.15) is 0 Å². The van der Waals surface area contributed by atoms with Crippen molar-refractivity contribution in [1.29, 1.82) is 0 Å². The minimum atomic E-state index is -2.70. The Morgan fingerprint density at radius 2 is 2.18 bits per heavy atom. The Hall–Kier alpha value is -1.39. The average molecular weight is 160 g/mol. The Labute approximate surface area is 60.8 Å². The lowest BCUT2D eigenvalue weighted by molar-refractivity contribution is 0.152. The van der Waals surface area contributed by atoms with Crippen LogP contribution in [0.5, 0.6) is 0 Å². The smallest absolute Gasteiger partial charge is 0.271 e. The number of nitrogens with one attached hydrogen (secondary N) is 1. The molecule has 3 N–H and O–H groups in total. The van der Waals surface area contributed by atoms with Gasteiger partial charge in [-0.25, -0.2) is 8.78 Å². The fourth-order valence-electron chi connectivity index (χ4n) is 0.696. The van der Waals surface area contributed by atoms with Gasteiger partial charge in [0.05, 0.1) is 0 Å². The molecule has 0 amide bonds. The Morgan fingerprint density at radius 3 is 2.64 bits per heavy atom. The molecule has 1 heterocycles. The summed E-state index contributed by atoms with van der Waals surface area (Å²) in [5.74, 6) is 0. The van der Waals surface area contributed by atoms with Crippen molar-refractivity contribution >= 4 is 5.69 Å². The quantitative estimate of drug-likeness (QED) is 0.641. The van der Waals surface area contributed by atoms with Crippen LogP contribution in [0.1, 0.15) is 12.0 Å². The van der Waals surface area contributed by atoms with Gasteiger partial charge in [-0.05, 0) is 6.07 Å². The molecular formula is C6H6F2N2O. The highest BCUT2D eigenvalue weighted by Gasteiger charge is 2.11. The van der Waals surface area contributed by atoms with Crippen LogP contribution in [-0.2, 0) is 0 Å². The molecule has 0 aliphatic carbocycles. The largest absolute Gasteiger partial charge is 0.394 e. The summed E-state index contributed by atoms with van der Waals surface area (Å²) in [7, 11) is 0. The minimum absolute atomic E-state index is 0.414. The van der Waals surface area contributed by atoms with E-state index < -0.39 is 23.2 Å². The SMILES string of the molecule is Nc1c(C(F)F)cc[nH]c1=O. The summed E-state index contributed by atoms with van der Waals surface area (Å²) in [4.78, 5) is 12.8. The predicted molar refractivity (Wildman–Crippen MR) is 36.4 cm³/mol. The van der Waals surface area contributed by atoms with E-state index in [4.69, 9.17) is 5.73 Å². The number of halogens is 2. The molecule has 0 saturated carbocycles. The van der Waals surface area contributed by atoms with Crippen LogP contribution in [0.4, 0.5) is 14.5 Å². The number of anilines is 1. The van der Waals surface area contributed by atoms with E-state index in [1.165, 1.54) is 0 Å². The van der Waals surface area contributed by atoms with E-state index in [1.807, 2.05) is 0 Å². The molecule has 0 fully saturated rings. The molecule has 0 aliphatic heterocycles. The standard InChI is InChI=1S/C6H6F2N2O/c7-5(8)3-1-2-10-6(11)4(3)9/h1-2,5H,9H2,(H,10,11). The van der Waals surface area contributed by atoms with Gasteiger partial charge in [-0.1, -0.05) is 0 Å². The van der Waals surface area contributed by atoms with E-state index in [9.17, 15) is 13.6 Å². The van der Waals surface area contributed by atoms with Gasteiger partial charge in [0.2, 0.25) is 0 Å². The predicted octanol–water partition coefficient (Wildman–Crippen LogP) is 0.895. The molecule has 0 saturated heterocycles. The maximum atomic E-state index is 12.0. The topological polar surface area (TPSA) is 58.9 Å². The second kappa shape index (κ2) is 2.69. The molecule has 0 bridgehead atoms.